The van der Waals surface area contributed by atoms with E-state index in [-0.39, 0.29) is 12.5 Å². The normalized spacial score (nSPS) is 15.6. The molecule has 0 aromatic heterocycles. The van der Waals surface area contributed by atoms with E-state index in [0.29, 0.717) is 12.3 Å². The molecule has 1 amide bonds. The zero-order chi connectivity index (χ0) is 14.2. The molecule has 0 bridgehead atoms. The highest BCUT2D eigenvalue weighted by Gasteiger charge is 2.23. The summed E-state index contributed by atoms with van der Waals surface area (Å²) in [5.41, 5.74) is -0.851. The second-order valence-electron chi connectivity index (χ2n) is 4.34. The smallest absolute Gasteiger partial charge is 0.329 e. The number of amides is 1. The van der Waals surface area contributed by atoms with Crippen molar-refractivity contribution in [2.45, 2.75) is 25.5 Å². The summed E-state index contributed by atoms with van der Waals surface area (Å²) in [6.45, 7) is 3.60. The summed E-state index contributed by atoms with van der Waals surface area (Å²) < 4.78 is 4.58. The van der Waals surface area contributed by atoms with Crippen LogP contribution in [0.25, 0.3) is 0 Å². The lowest BCUT2D eigenvalue weighted by molar-refractivity contribution is -0.144. The lowest BCUT2D eigenvalue weighted by Crippen LogP contribution is -2.50. The van der Waals surface area contributed by atoms with Gasteiger partial charge < -0.3 is 20.5 Å². The average molecular weight is 278 g/mol. The predicted molar refractivity (Wildman–Crippen MR) is 71.5 cm³/mol. The van der Waals surface area contributed by atoms with E-state index in [9.17, 15) is 14.7 Å². The molecule has 0 aliphatic rings. The van der Waals surface area contributed by atoms with Crippen molar-refractivity contribution < 1.29 is 19.4 Å². The topological polar surface area (TPSA) is 87.7 Å². The first-order chi connectivity index (χ1) is 8.32. The van der Waals surface area contributed by atoms with Gasteiger partial charge >= 0.3 is 5.97 Å². The van der Waals surface area contributed by atoms with Gasteiger partial charge in [0.1, 0.15) is 6.04 Å². The van der Waals surface area contributed by atoms with Crippen LogP contribution in [0.4, 0.5) is 0 Å². The van der Waals surface area contributed by atoms with Gasteiger partial charge in [-0.15, -0.1) is 0 Å². The Labute approximate surface area is 112 Å². The van der Waals surface area contributed by atoms with Crippen molar-refractivity contribution in [3.8, 4) is 0 Å². The highest BCUT2D eigenvalue weighted by atomic mass is 32.2. The number of nitrogens with one attached hydrogen (secondary N) is 2. The van der Waals surface area contributed by atoms with Crippen LogP contribution in [0.5, 0.6) is 0 Å². The van der Waals surface area contributed by atoms with E-state index in [1.807, 2.05) is 6.26 Å². The third-order valence-corrected chi connectivity index (χ3v) is 3.08. The summed E-state index contributed by atoms with van der Waals surface area (Å²) >= 11 is 1.54. The summed E-state index contributed by atoms with van der Waals surface area (Å²) in [5, 5.41) is 15.4. The number of ether oxygens (including phenoxy) is 1. The Morgan fingerprint density at radius 3 is 2.56 bits per heavy atom. The molecule has 0 saturated carbocycles. The van der Waals surface area contributed by atoms with Crippen LogP contribution in [0.3, 0.4) is 0 Å². The SMILES string of the molecule is COC(=O)C(CNCC(C)(O)CSC)NC(C)=O. The summed E-state index contributed by atoms with van der Waals surface area (Å²) in [5.74, 6) is -0.228. The molecule has 0 spiro atoms. The first-order valence-corrected chi connectivity index (χ1v) is 6.98. The molecule has 0 rings (SSSR count). The fourth-order valence-electron chi connectivity index (χ4n) is 1.43. The van der Waals surface area contributed by atoms with Gasteiger partial charge in [-0.1, -0.05) is 0 Å². The largest absolute Gasteiger partial charge is 0.467 e. The first kappa shape index (κ1) is 17.2. The quantitative estimate of drug-likeness (QED) is 0.512. The molecule has 0 fully saturated rings. The molecule has 2 atom stereocenters. The molecular formula is C11H22N2O4S. The van der Waals surface area contributed by atoms with Gasteiger partial charge in [-0.2, -0.15) is 11.8 Å². The van der Waals surface area contributed by atoms with E-state index in [2.05, 4.69) is 15.4 Å². The van der Waals surface area contributed by atoms with Crippen LogP contribution in [0.2, 0.25) is 0 Å². The molecule has 0 saturated heterocycles. The van der Waals surface area contributed by atoms with E-state index in [0.717, 1.165) is 0 Å². The molecule has 3 N–H and O–H groups in total. The molecule has 0 aromatic rings. The molecule has 0 aliphatic heterocycles. The fraction of sp³-hybridized carbons (Fsp3) is 0.818. The predicted octanol–water partition coefficient (Wildman–Crippen LogP) is -0.632. The Bertz CT molecular complexity index is 284. The Hall–Kier alpha value is -0.790. The maximum absolute atomic E-state index is 11.4. The Morgan fingerprint density at radius 1 is 1.50 bits per heavy atom. The number of carbonyl (C=O) groups is 2. The van der Waals surface area contributed by atoms with Crippen LogP contribution in [-0.4, -0.2) is 60.8 Å². The molecule has 7 heteroatoms. The van der Waals surface area contributed by atoms with Gasteiger partial charge in [0.2, 0.25) is 5.91 Å². The van der Waals surface area contributed by atoms with Crippen LogP contribution >= 0.6 is 11.8 Å². The zero-order valence-corrected chi connectivity index (χ0v) is 12.1. The molecule has 0 aliphatic carbocycles. The Morgan fingerprint density at radius 2 is 2.11 bits per heavy atom. The van der Waals surface area contributed by atoms with Crippen molar-refractivity contribution in [2.24, 2.45) is 0 Å². The van der Waals surface area contributed by atoms with Crippen molar-refractivity contribution in [1.29, 1.82) is 0 Å². The van der Waals surface area contributed by atoms with Crippen LogP contribution < -0.4 is 10.6 Å². The highest BCUT2D eigenvalue weighted by Crippen LogP contribution is 2.08. The Balaban J connectivity index is 4.19. The zero-order valence-electron chi connectivity index (χ0n) is 11.3. The number of methoxy groups -OCH3 is 1. The number of hydrogen-bond acceptors (Lipinski definition) is 6. The maximum Gasteiger partial charge on any atom is 0.329 e. The van der Waals surface area contributed by atoms with E-state index in [1.165, 1.54) is 25.8 Å². The lowest BCUT2D eigenvalue weighted by Gasteiger charge is -2.24. The lowest BCUT2D eigenvalue weighted by atomic mass is 10.1. The minimum absolute atomic E-state index is 0.219. The third kappa shape index (κ3) is 7.52. The minimum Gasteiger partial charge on any atom is -0.467 e. The van der Waals surface area contributed by atoms with Crippen molar-refractivity contribution in [3.05, 3.63) is 0 Å². The van der Waals surface area contributed by atoms with Crippen LogP contribution in [-0.2, 0) is 14.3 Å². The summed E-state index contributed by atoms with van der Waals surface area (Å²) in [6.07, 6.45) is 1.91. The molecule has 0 radical (unpaired) electrons. The number of carbonyl (C=O) groups excluding carboxylic acids is 2. The van der Waals surface area contributed by atoms with Crippen molar-refractivity contribution in [3.63, 3.8) is 0 Å². The van der Waals surface area contributed by atoms with Crippen molar-refractivity contribution in [2.75, 3.05) is 32.2 Å². The highest BCUT2D eigenvalue weighted by molar-refractivity contribution is 7.98. The van der Waals surface area contributed by atoms with Gasteiger partial charge in [-0.25, -0.2) is 4.79 Å². The van der Waals surface area contributed by atoms with Crippen molar-refractivity contribution >= 4 is 23.6 Å². The number of thioether (sulfide) groups is 1. The third-order valence-electron chi connectivity index (χ3n) is 2.17. The van der Waals surface area contributed by atoms with Gasteiger partial charge in [0, 0.05) is 25.8 Å². The maximum atomic E-state index is 11.4. The summed E-state index contributed by atoms with van der Waals surface area (Å²) in [6, 6.07) is -0.738. The summed E-state index contributed by atoms with van der Waals surface area (Å²) in [4.78, 5) is 22.3. The monoisotopic (exact) mass is 278 g/mol. The average Bonchev–Trinajstić information content (AvgIpc) is 2.25. The first-order valence-electron chi connectivity index (χ1n) is 5.59. The number of rotatable bonds is 8. The van der Waals surface area contributed by atoms with Gasteiger partial charge in [0.05, 0.1) is 12.7 Å². The Kier molecular flexibility index (Phi) is 7.97. The second kappa shape index (κ2) is 8.34. The molecule has 0 heterocycles. The molecular weight excluding hydrogens is 256 g/mol. The van der Waals surface area contributed by atoms with E-state index < -0.39 is 17.6 Å². The van der Waals surface area contributed by atoms with E-state index in [1.54, 1.807) is 6.92 Å². The van der Waals surface area contributed by atoms with E-state index >= 15 is 0 Å². The molecule has 2 unspecified atom stereocenters. The molecule has 106 valence electrons. The minimum atomic E-state index is -0.851. The standard InChI is InChI=1S/C11H22N2O4S/c1-8(14)13-9(10(15)17-3)5-12-6-11(2,16)7-18-4/h9,12,16H,5-7H2,1-4H3,(H,13,14). The number of aliphatic hydroxyl groups is 1. The van der Waals surface area contributed by atoms with Gasteiger partial charge in [-0.3, -0.25) is 4.79 Å². The van der Waals surface area contributed by atoms with Crippen molar-refractivity contribution in [1.82, 2.24) is 10.6 Å². The second-order valence-corrected chi connectivity index (χ2v) is 5.20. The van der Waals surface area contributed by atoms with E-state index in [4.69, 9.17) is 0 Å². The molecule has 6 nitrogen and oxygen atoms in total. The van der Waals surface area contributed by atoms with Crippen LogP contribution in [0.1, 0.15) is 13.8 Å². The van der Waals surface area contributed by atoms with Gasteiger partial charge in [0.25, 0.3) is 0 Å². The number of hydrogen-bond donors (Lipinski definition) is 3. The molecule has 0 aromatic carbocycles. The fourth-order valence-corrected chi connectivity index (χ4v) is 2.15. The van der Waals surface area contributed by atoms with Gasteiger partial charge in [0.15, 0.2) is 0 Å². The summed E-state index contributed by atoms with van der Waals surface area (Å²) in [7, 11) is 1.26. The van der Waals surface area contributed by atoms with Crippen LogP contribution in [0.15, 0.2) is 0 Å². The van der Waals surface area contributed by atoms with Crippen LogP contribution in [0, 0.1) is 0 Å². The van der Waals surface area contributed by atoms with Gasteiger partial charge in [-0.05, 0) is 13.2 Å². The number of esters is 1. The molecule has 18 heavy (non-hydrogen) atoms.